The first kappa shape index (κ1) is 13.0. The van der Waals surface area contributed by atoms with E-state index >= 15 is 0 Å². The third-order valence-electron chi connectivity index (χ3n) is 2.89. The second-order valence-electron chi connectivity index (χ2n) is 4.03. The maximum Gasteiger partial charge on any atom is 0.341 e. The minimum atomic E-state index is -0.374. The SMILES string of the molecule is CCC(=O)Nc1sc2c(c1C(=O)OC)CCNC2. The van der Waals surface area contributed by atoms with Crippen LogP contribution >= 0.6 is 11.3 Å². The average Bonchev–Trinajstić information content (AvgIpc) is 2.75. The Morgan fingerprint density at radius 2 is 2.28 bits per heavy atom. The lowest BCUT2D eigenvalue weighted by Crippen LogP contribution is -2.23. The summed E-state index contributed by atoms with van der Waals surface area (Å²) in [4.78, 5) is 24.4. The number of thiophene rings is 1. The van der Waals surface area contributed by atoms with Gasteiger partial charge in [-0.05, 0) is 18.5 Å². The van der Waals surface area contributed by atoms with Gasteiger partial charge in [0.2, 0.25) is 5.91 Å². The van der Waals surface area contributed by atoms with Crippen molar-refractivity contribution in [2.24, 2.45) is 0 Å². The summed E-state index contributed by atoms with van der Waals surface area (Å²) in [5.74, 6) is -0.465. The van der Waals surface area contributed by atoms with Gasteiger partial charge < -0.3 is 15.4 Å². The number of fused-ring (bicyclic) bond motifs is 1. The molecule has 2 N–H and O–H groups in total. The molecular weight excluding hydrogens is 252 g/mol. The normalized spacial score (nSPS) is 13.9. The van der Waals surface area contributed by atoms with Crippen LogP contribution in [0.4, 0.5) is 5.00 Å². The number of amides is 1. The monoisotopic (exact) mass is 268 g/mol. The number of rotatable bonds is 3. The van der Waals surface area contributed by atoms with E-state index in [9.17, 15) is 9.59 Å². The first-order valence-corrected chi connectivity index (χ1v) is 6.72. The van der Waals surface area contributed by atoms with Gasteiger partial charge in [-0.15, -0.1) is 11.3 Å². The molecule has 1 aliphatic heterocycles. The predicted molar refractivity (Wildman–Crippen MR) is 70.0 cm³/mol. The zero-order chi connectivity index (χ0) is 13.1. The molecule has 0 fully saturated rings. The fraction of sp³-hybridized carbons (Fsp3) is 0.500. The Balaban J connectivity index is 2.41. The molecule has 2 rings (SSSR count). The van der Waals surface area contributed by atoms with E-state index in [0.29, 0.717) is 17.0 Å². The van der Waals surface area contributed by atoms with Crippen molar-refractivity contribution in [3.8, 4) is 0 Å². The number of hydrogen-bond donors (Lipinski definition) is 2. The van der Waals surface area contributed by atoms with E-state index in [1.807, 2.05) is 0 Å². The summed E-state index contributed by atoms with van der Waals surface area (Å²) < 4.78 is 4.81. The van der Waals surface area contributed by atoms with Gasteiger partial charge >= 0.3 is 5.97 Å². The Labute approximate surface area is 110 Å². The molecule has 0 radical (unpaired) electrons. The van der Waals surface area contributed by atoms with Crippen molar-refractivity contribution in [3.05, 3.63) is 16.0 Å². The highest BCUT2D eigenvalue weighted by atomic mass is 32.1. The molecule has 1 aromatic rings. The maximum atomic E-state index is 11.8. The Bertz CT molecular complexity index is 482. The van der Waals surface area contributed by atoms with Crippen LogP contribution in [0.25, 0.3) is 0 Å². The average molecular weight is 268 g/mol. The van der Waals surface area contributed by atoms with Gasteiger partial charge in [0.15, 0.2) is 0 Å². The molecule has 0 unspecified atom stereocenters. The van der Waals surface area contributed by atoms with Crippen LogP contribution in [0.3, 0.4) is 0 Å². The van der Waals surface area contributed by atoms with Crippen LogP contribution in [0.1, 0.15) is 34.1 Å². The van der Waals surface area contributed by atoms with Crippen LogP contribution in [0.2, 0.25) is 0 Å². The number of esters is 1. The van der Waals surface area contributed by atoms with Crippen LogP contribution in [-0.2, 0) is 22.5 Å². The van der Waals surface area contributed by atoms with Crippen LogP contribution in [0.15, 0.2) is 0 Å². The molecule has 0 aromatic carbocycles. The minimum absolute atomic E-state index is 0.0910. The topological polar surface area (TPSA) is 67.4 Å². The highest BCUT2D eigenvalue weighted by Crippen LogP contribution is 2.35. The summed E-state index contributed by atoms with van der Waals surface area (Å²) in [6, 6.07) is 0. The summed E-state index contributed by atoms with van der Waals surface area (Å²) >= 11 is 1.45. The number of ether oxygens (including phenoxy) is 1. The maximum absolute atomic E-state index is 11.8. The number of hydrogen-bond acceptors (Lipinski definition) is 5. The summed E-state index contributed by atoms with van der Waals surface area (Å²) in [5.41, 5.74) is 1.54. The molecule has 6 heteroatoms. The van der Waals surface area contributed by atoms with Gasteiger partial charge in [-0.3, -0.25) is 4.79 Å². The molecule has 0 aliphatic carbocycles. The first-order valence-electron chi connectivity index (χ1n) is 5.90. The van der Waals surface area contributed by atoms with Crippen molar-refractivity contribution in [1.29, 1.82) is 0 Å². The van der Waals surface area contributed by atoms with Crippen molar-refractivity contribution in [3.63, 3.8) is 0 Å². The van der Waals surface area contributed by atoms with Gasteiger partial charge in [0.1, 0.15) is 5.00 Å². The molecule has 0 saturated heterocycles. The summed E-state index contributed by atoms with van der Waals surface area (Å²) in [7, 11) is 1.36. The zero-order valence-corrected chi connectivity index (χ0v) is 11.3. The number of methoxy groups -OCH3 is 1. The van der Waals surface area contributed by atoms with Gasteiger partial charge in [-0.1, -0.05) is 6.92 Å². The number of anilines is 1. The van der Waals surface area contributed by atoms with E-state index in [1.54, 1.807) is 6.92 Å². The molecule has 98 valence electrons. The van der Waals surface area contributed by atoms with Gasteiger partial charge in [-0.25, -0.2) is 4.79 Å². The van der Waals surface area contributed by atoms with E-state index < -0.39 is 0 Å². The molecule has 1 aromatic heterocycles. The molecule has 1 amide bonds. The lowest BCUT2D eigenvalue weighted by molar-refractivity contribution is -0.115. The second kappa shape index (κ2) is 5.49. The number of carbonyl (C=O) groups is 2. The third kappa shape index (κ3) is 2.39. The molecule has 2 heterocycles. The predicted octanol–water partition coefficient (Wildman–Crippen LogP) is 1.53. The van der Waals surface area contributed by atoms with Crippen molar-refractivity contribution >= 4 is 28.2 Å². The fourth-order valence-electron chi connectivity index (χ4n) is 1.96. The van der Waals surface area contributed by atoms with Gasteiger partial charge in [0.05, 0.1) is 12.7 Å². The van der Waals surface area contributed by atoms with Crippen LogP contribution in [0, 0.1) is 0 Å². The molecule has 0 bridgehead atoms. The lowest BCUT2D eigenvalue weighted by Gasteiger charge is -2.13. The summed E-state index contributed by atoms with van der Waals surface area (Å²) in [5, 5.41) is 6.65. The molecule has 0 saturated carbocycles. The minimum Gasteiger partial charge on any atom is -0.465 e. The molecule has 18 heavy (non-hydrogen) atoms. The molecular formula is C12H16N2O3S. The fourth-order valence-corrected chi connectivity index (χ4v) is 3.18. The molecule has 0 atom stereocenters. The largest absolute Gasteiger partial charge is 0.465 e. The van der Waals surface area contributed by atoms with E-state index in [4.69, 9.17) is 4.74 Å². The van der Waals surface area contributed by atoms with Crippen LogP contribution < -0.4 is 10.6 Å². The highest BCUT2D eigenvalue weighted by Gasteiger charge is 2.26. The third-order valence-corrected chi connectivity index (χ3v) is 4.04. The molecule has 5 nitrogen and oxygen atoms in total. The summed E-state index contributed by atoms with van der Waals surface area (Å²) in [6.45, 7) is 3.36. The van der Waals surface area contributed by atoms with E-state index in [2.05, 4.69) is 10.6 Å². The van der Waals surface area contributed by atoms with Crippen molar-refractivity contribution < 1.29 is 14.3 Å². The quantitative estimate of drug-likeness (QED) is 0.816. The number of nitrogens with one attached hydrogen (secondary N) is 2. The molecule has 0 spiro atoms. The van der Waals surface area contributed by atoms with Crippen LogP contribution in [-0.4, -0.2) is 25.5 Å². The Kier molecular flexibility index (Phi) is 3.98. The Morgan fingerprint density at radius 3 is 2.94 bits per heavy atom. The Hall–Kier alpha value is -1.40. The van der Waals surface area contributed by atoms with Crippen molar-refractivity contribution in [2.75, 3.05) is 19.0 Å². The standard InChI is InChI=1S/C12H16N2O3S/c1-3-9(15)14-11-10(12(16)17-2)7-4-5-13-6-8(7)18-11/h13H,3-6H2,1-2H3,(H,14,15). The van der Waals surface area contributed by atoms with E-state index in [-0.39, 0.29) is 11.9 Å². The van der Waals surface area contributed by atoms with Crippen LogP contribution in [0.5, 0.6) is 0 Å². The van der Waals surface area contributed by atoms with Crippen molar-refractivity contribution in [2.45, 2.75) is 26.3 Å². The zero-order valence-electron chi connectivity index (χ0n) is 10.5. The highest BCUT2D eigenvalue weighted by molar-refractivity contribution is 7.17. The van der Waals surface area contributed by atoms with Gasteiger partial charge in [-0.2, -0.15) is 0 Å². The van der Waals surface area contributed by atoms with E-state index in [1.165, 1.54) is 18.4 Å². The van der Waals surface area contributed by atoms with E-state index in [0.717, 1.165) is 30.0 Å². The smallest absolute Gasteiger partial charge is 0.341 e. The summed E-state index contributed by atoms with van der Waals surface area (Å²) in [6.07, 6.45) is 1.18. The van der Waals surface area contributed by atoms with Gasteiger partial charge in [0.25, 0.3) is 0 Å². The number of carbonyl (C=O) groups excluding carboxylic acids is 2. The lowest BCUT2D eigenvalue weighted by atomic mass is 10.0. The van der Waals surface area contributed by atoms with Gasteiger partial charge in [0, 0.05) is 17.8 Å². The Morgan fingerprint density at radius 1 is 1.50 bits per heavy atom. The first-order chi connectivity index (χ1) is 8.67. The molecule has 1 aliphatic rings. The second-order valence-corrected chi connectivity index (χ2v) is 5.13. The van der Waals surface area contributed by atoms with Crippen molar-refractivity contribution in [1.82, 2.24) is 5.32 Å².